The summed E-state index contributed by atoms with van der Waals surface area (Å²) in [5, 5.41) is 3.90. The first-order chi connectivity index (χ1) is 5.18. The Bertz CT molecular complexity index is 135. The minimum absolute atomic E-state index is 0.0833. The van der Waals surface area contributed by atoms with Crippen LogP contribution in [0.1, 0.15) is 12.8 Å². The highest BCUT2D eigenvalue weighted by atomic mass is 16.1. The number of carbonyl (C=O) groups is 1. The summed E-state index contributed by atoms with van der Waals surface area (Å²) in [7, 11) is 4.10. The number of carbonyl (C=O) groups excluding carboxylic acids is 1. The zero-order valence-corrected chi connectivity index (χ0v) is 7.21. The fourth-order valence-electron chi connectivity index (χ4n) is 1.39. The molecule has 0 aromatic rings. The summed E-state index contributed by atoms with van der Waals surface area (Å²) in [5.41, 5.74) is 0. The van der Waals surface area contributed by atoms with Gasteiger partial charge in [-0.15, -0.1) is 0 Å². The third kappa shape index (κ3) is 2.89. The Kier molecular flexibility index (Phi) is 2.88. The average Bonchev–Trinajstić information content (AvgIpc) is 1.93. The molecule has 1 unspecified atom stereocenters. The van der Waals surface area contributed by atoms with Crippen molar-refractivity contribution in [3.63, 3.8) is 0 Å². The van der Waals surface area contributed by atoms with Gasteiger partial charge in [-0.3, -0.25) is 10.1 Å². The minimum atomic E-state index is 0.0833. The molecule has 0 bridgehead atoms. The SMILES string of the molecule is CN(C)CC1CCC(=O)[N]C1. The van der Waals surface area contributed by atoms with Gasteiger partial charge < -0.3 is 4.90 Å². The van der Waals surface area contributed by atoms with E-state index in [1.165, 1.54) is 0 Å². The molecule has 0 aromatic carbocycles. The molecule has 1 rings (SSSR count). The molecule has 0 aromatic heterocycles. The highest BCUT2D eigenvalue weighted by Gasteiger charge is 2.19. The van der Waals surface area contributed by atoms with Crippen LogP contribution in [0.3, 0.4) is 0 Å². The van der Waals surface area contributed by atoms with Crippen molar-refractivity contribution >= 4 is 5.91 Å². The summed E-state index contributed by atoms with van der Waals surface area (Å²) in [5.74, 6) is 0.683. The first-order valence-electron chi connectivity index (χ1n) is 4.03. The molecule has 1 atom stereocenters. The van der Waals surface area contributed by atoms with Crippen LogP contribution in [-0.4, -0.2) is 38.0 Å². The van der Waals surface area contributed by atoms with E-state index in [1.54, 1.807) is 0 Å². The third-order valence-electron chi connectivity index (χ3n) is 1.92. The van der Waals surface area contributed by atoms with E-state index in [4.69, 9.17) is 0 Å². The second-order valence-corrected chi connectivity index (χ2v) is 3.40. The molecule has 0 saturated carbocycles. The Balaban J connectivity index is 2.22. The molecule has 63 valence electrons. The van der Waals surface area contributed by atoms with Crippen LogP contribution in [0, 0.1) is 5.92 Å². The zero-order chi connectivity index (χ0) is 8.27. The highest BCUT2D eigenvalue weighted by Crippen LogP contribution is 2.11. The lowest BCUT2D eigenvalue weighted by Gasteiger charge is -2.23. The Morgan fingerprint density at radius 2 is 2.36 bits per heavy atom. The number of amides is 1. The van der Waals surface area contributed by atoms with Crippen molar-refractivity contribution in [2.45, 2.75) is 12.8 Å². The van der Waals surface area contributed by atoms with Crippen molar-refractivity contribution in [2.75, 3.05) is 27.2 Å². The smallest absolute Gasteiger partial charge is 0.241 e. The molecule has 1 aliphatic heterocycles. The molecule has 0 aliphatic carbocycles. The van der Waals surface area contributed by atoms with Crippen LogP contribution in [0.5, 0.6) is 0 Å². The monoisotopic (exact) mass is 155 g/mol. The molecule has 11 heavy (non-hydrogen) atoms. The van der Waals surface area contributed by atoms with E-state index in [0.29, 0.717) is 12.3 Å². The van der Waals surface area contributed by atoms with Crippen molar-refractivity contribution in [2.24, 2.45) is 5.92 Å². The largest absolute Gasteiger partial charge is 0.309 e. The second-order valence-electron chi connectivity index (χ2n) is 3.40. The Labute approximate surface area is 67.8 Å². The topological polar surface area (TPSA) is 34.4 Å². The van der Waals surface area contributed by atoms with E-state index in [0.717, 1.165) is 19.5 Å². The van der Waals surface area contributed by atoms with Gasteiger partial charge in [0.05, 0.1) is 0 Å². The quantitative estimate of drug-likeness (QED) is 0.566. The predicted molar refractivity (Wildman–Crippen MR) is 43.3 cm³/mol. The van der Waals surface area contributed by atoms with Gasteiger partial charge in [0.25, 0.3) is 0 Å². The summed E-state index contributed by atoms with van der Waals surface area (Å²) in [4.78, 5) is 12.9. The lowest BCUT2D eigenvalue weighted by molar-refractivity contribution is -0.123. The van der Waals surface area contributed by atoms with Crippen LogP contribution < -0.4 is 5.32 Å². The van der Waals surface area contributed by atoms with Gasteiger partial charge in [-0.2, -0.15) is 0 Å². The van der Waals surface area contributed by atoms with E-state index in [-0.39, 0.29) is 5.91 Å². The van der Waals surface area contributed by atoms with E-state index in [1.807, 2.05) is 0 Å². The van der Waals surface area contributed by atoms with Crippen LogP contribution in [0.2, 0.25) is 0 Å². The molecule has 0 N–H and O–H groups in total. The molecule has 3 heteroatoms. The number of hydrogen-bond donors (Lipinski definition) is 0. The Morgan fingerprint density at radius 1 is 1.64 bits per heavy atom. The van der Waals surface area contributed by atoms with E-state index in [9.17, 15) is 4.79 Å². The van der Waals surface area contributed by atoms with Crippen molar-refractivity contribution < 1.29 is 4.79 Å². The molecule has 1 radical (unpaired) electrons. The number of piperidine rings is 1. The van der Waals surface area contributed by atoms with Crippen LogP contribution in [0.25, 0.3) is 0 Å². The summed E-state index contributed by atoms with van der Waals surface area (Å²) in [6, 6.07) is 0. The fraction of sp³-hybridized carbons (Fsp3) is 0.875. The average molecular weight is 155 g/mol. The molecule has 1 heterocycles. The standard InChI is InChI=1S/C8H15N2O/c1-10(2)6-7-3-4-8(11)9-5-7/h7H,3-6H2,1-2H3. The number of nitrogens with zero attached hydrogens (tertiary/aromatic N) is 2. The van der Waals surface area contributed by atoms with Gasteiger partial charge in [-0.05, 0) is 26.4 Å². The summed E-state index contributed by atoms with van der Waals surface area (Å²) < 4.78 is 0. The van der Waals surface area contributed by atoms with Gasteiger partial charge in [0.1, 0.15) is 0 Å². The van der Waals surface area contributed by atoms with Crippen molar-refractivity contribution in [3.8, 4) is 0 Å². The second kappa shape index (κ2) is 3.72. The lowest BCUT2D eigenvalue weighted by atomic mass is 9.99. The summed E-state index contributed by atoms with van der Waals surface area (Å²) in [6.45, 7) is 1.79. The van der Waals surface area contributed by atoms with Gasteiger partial charge in [0.15, 0.2) is 0 Å². The van der Waals surface area contributed by atoms with Gasteiger partial charge >= 0.3 is 0 Å². The first-order valence-corrected chi connectivity index (χ1v) is 4.03. The molecule has 1 aliphatic rings. The molecular weight excluding hydrogens is 140 g/mol. The summed E-state index contributed by atoms with van der Waals surface area (Å²) in [6.07, 6.45) is 1.67. The predicted octanol–water partition coefficient (Wildman–Crippen LogP) is 0.0890. The maximum Gasteiger partial charge on any atom is 0.241 e. The zero-order valence-electron chi connectivity index (χ0n) is 7.21. The van der Waals surface area contributed by atoms with Gasteiger partial charge in [-0.1, -0.05) is 0 Å². The van der Waals surface area contributed by atoms with Crippen LogP contribution >= 0.6 is 0 Å². The molecule has 1 fully saturated rings. The maximum absolute atomic E-state index is 10.7. The van der Waals surface area contributed by atoms with Crippen LogP contribution in [0.4, 0.5) is 0 Å². The Hall–Kier alpha value is -0.570. The third-order valence-corrected chi connectivity index (χ3v) is 1.92. The van der Waals surface area contributed by atoms with Gasteiger partial charge in [0.2, 0.25) is 5.91 Å². The number of rotatable bonds is 2. The number of hydrogen-bond acceptors (Lipinski definition) is 2. The van der Waals surface area contributed by atoms with E-state index < -0.39 is 0 Å². The molecule has 3 nitrogen and oxygen atoms in total. The van der Waals surface area contributed by atoms with Gasteiger partial charge in [0, 0.05) is 19.5 Å². The van der Waals surface area contributed by atoms with E-state index >= 15 is 0 Å². The van der Waals surface area contributed by atoms with Crippen LogP contribution in [0.15, 0.2) is 0 Å². The van der Waals surface area contributed by atoms with Crippen molar-refractivity contribution in [3.05, 3.63) is 0 Å². The van der Waals surface area contributed by atoms with Gasteiger partial charge in [-0.25, -0.2) is 0 Å². The molecule has 1 amide bonds. The highest BCUT2D eigenvalue weighted by molar-refractivity contribution is 5.76. The lowest BCUT2D eigenvalue weighted by Crippen LogP contribution is -2.34. The van der Waals surface area contributed by atoms with E-state index in [2.05, 4.69) is 24.3 Å². The normalized spacial score (nSPS) is 25.4. The van der Waals surface area contributed by atoms with Crippen molar-refractivity contribution in [1.82, 2.24) is 10.2 Å². The van der Waals surface area contributed by atoms with Crippen LogP contribution in [-0.2, 0) is 4.79 Å². The minimum Gasteiger partial charge on any atom is -0.309 e. The first kappa shape index (κ1) is 8.53. The molecule has 0 spiro atoms. The molecule has 1 saturated heterocycles. The molecular formula is C8H15N2O. The Morgan fingerprint density at radius 3 is 2.82 bits per heavy atom. The fourth-order valence-corrected chi connectivity index (χ4v) is 1.39. The maximum atomic E-state index is 10.7. The van der Waals surface area contributed by atoms with Crippen molar-refractivity contribution in [1.29, 1.82) is 0 Å². The summed E-state index contributed by atoms with van der Waals surface area (Å²) >= 11 is 0.